The second kappa shape index (κ2) is 10.9. The van der Waals surface area contributed by atoms with Gasteiger partial charge in [-0.15, -0.1) is 0 Å². The van der Waals surface area contributed by atoms with Gasteiger partial charge in [0, 0.05) is 50.7 Å². The minimum absolute atomic E-state index is 0.150. The first-order valence-electron chi connectivity index (χ1n) is 10.3. The van der Waals surface area contributed by atoms with Crippen LogP contribution in [-0.4, -0.2) is 48.9 Å². The summed E-state index contributed by atoms with van der Waals surface area (Å²) in [6, 6.07) is 11.4. The summed E-state index contributed by atoms with van der Waals surface area (Å²) in [5, 5.41) is 9.26. The smallest absolute Gasteiger partial charge is 0.252 e. The molecule has 2 aromatic rings. The standard InChI is InChI=1S/C22H28N6O2/c1-2-24-22(26-13-12-25-21(30)18-5-3-11-23-16-18)27-15-17-7-9-19(10-8-17)28-14-4-6-20(28)29/h3,5,7-11,16H,2,4,6,12-15H2,1H3,(H,25,30)(H2,24,26,27). The van der Waals surface area contributed by atoms with Gasteiger partial charge in [-0.1, -0.05) is 12.1 Å². The molecule has 0 radical (unpaired) electrons. The summed E-state index contributed by atoms with van der Waals surface area (Å²) < 4.78 is 0. The highest BCUT2D eigenvalue weighted by Crippen LogP contribution is 2.21. The molecular weight excluding hydrogens is 380 g/mol. The van der Waals surface area contributed by atoms with Crippen LogP contribution in [0.15, 0.2) is 53.8 Å². The maximum absolute atomic E-state index is 12.0. The quantitative estimate of drug-likeness (QED) is 0.351. The minimum atomic E-state index is -0.150. The van der Waals surface area contributed by atoms with E-state index in [1.807, 2.05) is 36.1 Å². The van der Waals surface area contributed by atoms with Gasteiger partial charge in [0.2, 0.25) is 5.91 Å². The van der Waals surface area contributed by atoms with Crippen LogP contribution >= 0.6 is 0 Å². The lowest BCUT2D eigenvalue weighted by molar-refractivity contribution is -0.117. The molecule has 30 heavy (non-hydrogen) atoms. The molecule has 0 aliphatic carbocycles. The van der Waals surface area contributed by atoms with Gasteiger partial charge in [-0.2, -0.15) is 0 Å². The zero-order chi connectivity index (χ0) is 21.2. The summed E-state index contributed by atoms with van der Waals surface area (Å²) in [6.45, 7) is 5.07. The van der Waals surface area contributed by atoms with E-state index in [-0.39, 0.29) is 11.8 Å². The molecule has 1 aliphatic heterocycles. The van der Waals surface area contributed by atoms with Crippen molar-refractivity contribution in [3.63, 3.8) is 0 Å². The van der Waals surface area contributed by atoms with E-state index in [0.717, 1.165) is 30.8 Å². The minimum Gasteiger partial charge on any atom is -0.357 e. The summed E-state index contributed by atoms with van der Waals surface area (Å²) in [6.07, 6.45) is 4.73. The molecule has 1 aromatic carbocycles. The maximum atomic E-state index is 12.0. The third kappa shape index (κ3) is 6.04. The highest BCUT2D eigenvalue weighted by molar-refractivity contribution is 5.95. The first-order chi connectivity index (χ1) is 14.7. The van der Waals surface area contributed by atoms with Crippen LogP contribution in [-0.2, 0) is 11.3 Å². The number of hydrogen-bond acceptors (Lipinski definition) is 4. The molecule has 2 heterocycles. The fourth-order valence-corrected chi connectivity index (χ4v) is 3.17. The van der Waals surface area contributed by atoms with E-state index < -0.39 is 0 Å². The number of pyridine rings is 1. The zero-order valence-corrected chi connectivity index (χ0v) is 17.2. The number of aromatic nitrogens is 1. The Hall–Kier alpha value is -3.42. The molecule has 8 nitrogen and oxygen atoms in total. The van der Waals surface area contributed by atoms with Crippen LogP contribution in [0.1, 0.15) is 35.7 Å². The average molecular weight is 409 g/mol. The summed E-state index contributed by atoms with van der Waals surface area (Å²) >= 11 is 0. The molecule has 0 saturated carbocycles. The summed E-state index contributed by atoms with van der Waals surface area (Å²) in [4.78, 5) is 34.2. The summed E-state index contributed by atoms with van der Waals surface area (Å²) in [5.74, 6) is 0.727. The maximum Gasteiger partial charge on any atom is 0.252 e. The molecule has 0 bridgehead atoms. The number of carbonyl (C=O) groups is 2. The van der Waals surface area contributed by atoms with Gasteiger partial charge in [-0.3, -0.25) is 14.6 Å². The normalized spacial score (nSPS) is 14.0. The van der Waals surface area contributed by atoms with Gasteiger partial charge in [-0.25, -0.2) is 4.99 Å². The van der Waals surface area contributed by atoms with E-state index in [4.69, 9.17) is 0 Å². The molecule has 1 saturated heterocycles. The number of nitrogens with one attached hydrogen (secondary N) is 3. The largest absolute Gasteiger partial charge is 0.357 e. The molecular formula is C22H28N6O2. The molecule has 1 aromatic heterocycles. The lowest BCUT2D eigenvalue weighted by Crippen LogP contribution is -2.41. The van der Waals surface area contributed by atoms with Crippen LogP contribution in [0.4, 0.5) is 5.69 Å². The van der Waals surface area contributed by atoms with E-state index in [1.54, 1.807) is 24.5 Å². The Labute approximate surface area is 176 Å². The van der Waals surface area contributed by atoms with Crippen molar-refractivity contribution in [2.45, 2.75) is 26.3 Å². The van der Waals surface area contributed by atoms with Gasteiger partial charge in [0.1, 0.15) is 0 Å². The van der Waals surface area contributed by atoms with Gasteiger partial charge in [0.05, 0.1) is 12.1 Å². The van der Waals surface area contributed by atoms with E-state index in [9.17, 15) is 9.59 Å². The average Bonchev–Trinajstić information content (AvgIpc) is 3.21. The first kappa shape index (κ1) is 21.3. The van der Waals surface area contributed by atoms with Crippen LogP contribution in [0, 0.1) is 0 Å². The van der Waals surface area contributed by atoms with Crippen molar-refractivity contribution in [2.75, 3.05) is 31.1 Å². The van der Waals surface area contributed by atoms with Crippen LogP contribution in [0.25, 0.3) is 0 Å². The zero-order valence-electron chi connectivity index (χ0n) is 17.2. The Balaban J connectivity index is 1.47. The van der Waals surface area contributed by atoms with Crippen molar-refractivity contribution >= 4 is 23.5 Å². The van der Waals surface area contributed by atoms with Gasteiger partial charge >= 0.3 is 0 Å². The highest BCUT2D eigenvalue weighted by Gasteiger charge is 2.21. The number of hydrogen-bond donors (Lipinski definition) is 3. The number of rotatable bonds is 8. The molecule has 3 rings (SSSR count). The molecule has 1 fully saturated rings. The molecule has 0 atom stereocenters. The van der Waals surface area contributed by atoms with E-state index in [0.29, 0.717) is 37.6 Å². The number of amides is 2. The predicted octanol–water partition coefficient (Wildman–Crippen LogP) is 1.69. The number of nitrogens with zero attached hydrogens (tertiary/aromatic N) is 3. The van der Waals surface area contributed by atoms with Crippen molar-refractivity contribution in [3.05, 3.63) is 59.9 Å². The molecule has 3 N–H and O–H groups in total. The predicted molar refractivity (Wildman–Crippen MR) is 117 cm³/mol. The van der Waals surface area contributed by atoms with Crippen LogP contribution in [0.5, 0.6) is 0 Å². The van der Waals surface area contributed by atoms with Crippen molar-refractivity contribution < 1.29 is 9.59 Å². The first-order valence-corrected chi connectivity index (χ1v) is 10.3. The van der Waals surface area contributed by atoms with Crippen molar-refractivity contribution in [1.29, 1.82) is 0 Å². The molecule has 1 aliphatic rings. The van der Waals surface area contributed by atoms with E-state index in [2.05, 4.69) is 25.9 Å². The van der Waals surface area contributed by atoms with Crippen molar-refractivity contribution in [3.8, 4) is 0 Å². The Morgan fingerprint density at radius 1 is 1.13 bits per heavy atom. The number of anilines is 1. The van der Waals surface area contributed by atoms with Gasteiger partial charge in [-0.05, 0) is 43.2 Å². The fraction of sp³-hybridized carbons (Fsp3) is 0.364. The molecule has 2 amide bonds. The highest BCUT2D eigenvalue weighted by atomic mass is 16.2. The second-order valence-corrected chi connectivity index (χ2v) is 6.93. The lowest BCUT2D eigenvalue weighted by atomic mass is 10.2. The summed E-state index contributed by atoms with van der Waals surface area (Å²) in [5.41, 5.74) is 2.55. The lowest BCUT2D eigenvalue weighted by Gasteiger charge is -2.16. The van der Waals surface area contributed by atoms with E-state index in [1.165, 1.54) is 0 Å². The number of guanidine groups is 1. The van der Waals surface area contributed by atoms with Crippen molar-refractivity contribution in [2.24, 2.45) is 4.99 Å². The van der Waals surface area contributed by atoms with E-state index >= 15 is 0 Å². The van der Waals surface area contributed by atoms with Crippen LogP contribution in [0.3, 0.4) is 0 Å². The van der Waals surface area contributed by atoms with Crippen LogP contribution < -0.4 is 20.9 Å². The SMILES string of the molecule is CCNC(=NCc1ccc(N2CCCC2=O)cc1)NCCNC(=O)c1cccnc1. The molecule has 0 unspecified atom stereocenters. The molecule has 0 spiro atoms. The number of aliphatic imine (C=N–C) groups is 1. The Kier molecular flexibility index (Phi) is 7.77. The van der Waals surface area contributed by atoms with Crippen molar-refractivity contribution in [1.82, 2.24) is 20.9 Å². The molecule has 8 heteroatoms. The third-order valence-electron chi connectivity index (χ3n) is 4.71. The van der Waals surface area contributed by atoms with Gasteiger partial charge in [0.15, 0.2) is 5.96 Å². The van der Waals surface area contributed by atoms with Gasteiger partial charge in [0.25, 0.3) is 5.91 Å². The number of benzene rings is 1. The topological polar surface area (TPSA) is 98.7 Å². The summed E-state index contributed by atoms with van der Waals surface area (Å²) in [7, 11) is 0. The third-order valence-corrected chi connectivity index (χ3v) is 4.71. The van der Waals surface area contributed by atoms with Gasteiger partial charge < -0.3 is 20.9 Å². The number of carbonyl (C=O) groups excluding carboxylic acids is 2. The molecule has 158 valence electrons. The van der Waals surface area contributed by atoms with Crippen LogP contribution in [0.2, 0.25) is 0 Å². The monoisotopic (exact) mass is 408 g/mol. The Bertz CT molecular complexity index is 867. The fourth-order valence-electron chi connectivity index (χ4n) is 3.17. The Morgan fingerprint density at radius 2 is 1.93 bits per heavy atom. The Morgan fingerprint density at radius 3 is 2.60 bits per heavy atom. The second-order valence-electron chi connectivity index (χ2n) is 6.93.